The van der Waals surface area contributed by atoms with Gasteiger partial charge in [-0.05, 0) is 38.3 Å². The van der Waals surface area contributed by atoms with Crippen molar-refractivity contribution in [3.63, 3.8) is 0 Å². The average molecular weight is 453 g/mol. The summed E-state index contributed by atoms with van der Waals surface area (Å²) in [7, 11) is 3.50. The number of likely N-dealkylation sites (tertiary alicyclic amines) is 1. The number of carbonyl (C=O) groups excluding carboxylic acids is 1. The Morgan fingerprint density at radius 2 is 2.03 bits per heavy atom. The van der Waals surface area contributed by atoms with E-state index < -0.39 is 0 Å². The van der Waals surface area contributed by atoms with Gasteiger partial charge in [-0.25, -0.2) is 0 Å². The number of aryl methyl sites for hydroxylation is 1. The molecule has 1 aliphatic rings. The van der Waals surface area contributed by atoms with Gasteiger partial charge in [0, 0.05) is 62.3 Å². The molecule has 3 aromatic rings. The van der Waals surface area contributed by atoms with Crippen LogP contribution in [0, 0.1) is 0 Å². The summed E-state index contributed by atoms with van der Waals surface area (Å²) in [4.78, 5) is 29.2. The molecule has 1 atom stereocenters. The number of rotatable bonds is 9. The summed E-state index contributed by atoms with van der Waals surface area (Å²) in [5.74, 6) is -0.131. The Morgan fingerprint density at radius 3 is 2.82 bits per heavy atom. The summed E-state index contributed by atoms with van der Waals surface area (Å²) in [5.41, 5.74) is 1.94. The summed E-state index contributed by atoms with van der Waals surface area (Å²) >= 11 is 0. The zero-order chi connectivity index (χ0) is 23.4. The molecule has 0 bridgehead atoms. The van der Waals surface area contributed by atoms with Crippen LogP contribution in [0.3, 0.4) is 0 Å². The quantitative estimate of drug-likeness (QED) is 0.505. The van der Waals surface area contributed by atoms with E-state index in [1.165, 1.54) is 25.7 Å². The Bertz CT molecular complexity index is 1180. The van der Waals surface area contributed by atoms with Crippen molar-refractivity contribution in [2.75, 3.05) is 33.4 Å². The largest absolute Gasteiger partial charge is 0.383 e. The molecule has 0 spiro atoms. The SMILES string of the molecule is CCC1CCCCN1CCCNC(=O)c1cn(CCOC)c(=O)c2c1c1ccccc1n2C. The zero-order valence-corrected chi connectivity index (χ0v) is 20.1. The molecule has 1 unspecified atom stereocenters. The van der Waals surface area contributed by atoms with Crippen molar-refractivity contribution in [3.05, 3.63) is 46.4 Å². The number of amides is 1. The Morgan fingerprint density at radius 1 is 1.21 bits per heavy atom. The summed E-state index contributed by atoms with van der Waals surface area (Å²) in [5, 5.41) is 4.77. The number of piperidine rings is 1. The first-order chi connectivity index (χ1) is 16.1. The van der Waals surface area contributed by atoms with Crippen LogP contribution in [0.4, 0.5) is 0 Å². The number of fused-ring (bicyclic) bond motifs is 3. The van der Waals surface area contributed by atoms with E-state index in [9.17, 15) is 9.59 Å². The number of methoxy groups -OCH3 is 1. The number of ether oxygens (including phenoxy) is 1. The first-order valence-electron chi connectivity index (χ1n) is 12.2. The van der Waals surface area contributed by atoms with Crippen LogP contribution in [0.2, 0.25) is 0 Å². The predicted octanol–water partition coefficient (Wildman–Crippen LogP) is 3.52. The number of hydrogen-bond donors (Lipinski definition) is 1. The molecule has 0 radical (unpaired) electrons. The molecule has 178 valence electrons. The van der Waals surface area contributed by atoms with Gasteiger partial charge in [0.25, 0.3) is 11.5 Å². The van der Waals surface area contributed by atoms with E-state index in [0.29, 0.717) is 36.8 Å². The average Bonchev–Trinajstić information content (AvgIpc) is 3.14. The molecular weight excluding hydrogens is 416 g/mol. The second-order valence-corrected chi connectivity index (χ2v) is 9.04. The van der Waals surface area contributed by atoms with E-state index in [1.54, 1.807) is 17.9 Å². The van der Waals surface area contributed by atoms with Crippen LogP contribution in [-0.4, -0.2) is 59.3 Å². The van der Waals surface area contributed by atoms with Gasteiger partial charge in [0.2, 0.25) is 0 Å². The minimum atomic E-state index is -0.131. The molecule has 1 aliphatic heterocycles. The number of nitrogens with zero attached hydrogens (tertiary/aromatic N) is 3. The minimum absolute atomic E-state index is 0.104. The third-order valence-electron chi connectivity index (χ3n) is 7.03. The van der Waals surface area contributed by atoms with E-state index in [0.717, 1.165) is 35.8 Å². The summed E-state index contributed by atoms with van der Waals surface area (Å²) < 4.78 is 8.68. The number of pyridine rings is 1. The number of nitrogens with one attached hydrogen (secondary N) is 1. The van der Waals surface area contributed by atoms with Crippen molar-refractivity contribution in [2.24, 2.45) is 7.05 Å². The van der Waals surface area contributed by atoms with Gasteiger partial charge in [0.1, 0.15) is 5.52 Å². The lowest BCUT2D eigenvalue weighted by Crippen LogP contribution is -2.40. The van der Waals surface area contributed by atoms with Gasteiger partial charge < -0.3 is 24.1 Å². The van der Waals surface area contributed by atoms with Crippen molar-refractivity contribution < 1.29 is 9.53 Å². The first kappa shape index (κ1) is 23.5. The Kier molecular flexibility index (Phi) is 7.50. The van der Waals surface area contributed by atoms with Gasteiger partial charge in [-0.2, -0.15) is 0 Å². The highest BCUT2D eigenvalue weighted by Crippen LogP contribution is 2.29. The molecule has 1 fully saturated rings. The normalized spacial score (nSPS) is 17.1. The van der Waals surface area contributed by atoms with Crippen LogP contribution >= 0.6 is 0 Å². The molecule has 7 heteroatoms. The maximum absolute atomic E-state index is 13.3. The molecule has 2 aromatic heterocycles. The lowest BCUT2D eigenvalue weighted by Gasteiger charge is -2.35. The third-order valence-corrected chi connectivity index (χ3v) is 7.03. The second-order valence-electron chi connectivity index (χ2n) is 9.04. The number of aromatic nitrogens is 2. The highest BCUT2D eigenvalue weighted by atomic mass is 16.5. The molecule has 7 nitrogen and oxygen atoms in total. The lowest BCUT2D eigenvalue weighted by molar-refractivity contribution is 0.0948. The van der Waals surface area contributed by atoms with E-state index in [-0.39, 0.29) is 11.5 Å². The second kappa shape index (κ2) is 10.5. The van der Waals surface area contributed by atoms with Gasteiger partial charge in [-0.3, -0.25) is 9.59 Å². The van der Waals surface area contributed by atoms with Crippen molar-refractivity contribution in [3.8, 4) is 0 Å². The lowest BCUT2D eigenvalue weighted by atomic mass is 10.00. The number of hydrogen-bond acceptors (Lipinski definition) is 4. The van der Waals surface area contributed by atoms with Crippen molar-refractivity contribution >= 4 is 27.7 Å². The molecule has 3 heterocycles. The standard InChI is InChI=1S/C26H36N4O3/c1-4-19-10-7-8-14-29(19)15-9-13-27-25(31)21-18-30(16-17-33-3)26(32)24-23(21)20-11-5-6-12-22(20)28(24)2/h5-6,11-12,18-19H,4,7-10,13-17H2,1-3H3,(H,27,31). The molecular formula is C26H36N4O3. The first-order valence-corrected chi connectivity index (χ1v) is 12.2. The van der Waals surface area contributed by atoms with Crippen LogP contribution in [-0.2, 0) is 18.3 Å². The van der Waals surface area contributed by atoms with Gasteiger partial charge >= 0.3 is 0 Å². The van der Waals surface area contributed by atoms with E-state index >= 15 is 0 Å². The fourth-order valence-corrected chi connectivity index (χ4v) is 5.26. The monoisotopic (exact) mass is 452 g/mol. The molecule has 33 heavy (non-hydrogen) atoms. The van der Waals surface area contributed by atoms with Gasteiger partial charge in [0.15, 0.2) is 0 Å². The van der Waals surface area contributed by atoms with Crippen molar-refractivity contribution in [1.29, 1.82) is 0 Å². The molecule has 4 rings (SSSR count). The predicted molar refractivity (Wildman–Crippen MR) is 133 cm³/mol. The summed E-state index contributed by atoms with van der Waals surface area (Å²) in [6.07, 6.45) is 7.68. The molecule has 1 amide bonds. The maximum atomic E-state index is 13.3. The molecule has 0 saturated carbocycles. The number of para-hydroxylation sites is 1. The van der Waals surface area contributed by atoms with Crippen LogP contribution in [0.1, 0.15) is 49.4 Å². The van der Waals surface area contributed by atoms with E-state index in [2.05, 4.69) is 17.1 Å². The van der Waals surface area contributed by atoms with Crippen LogP contribution in [0.15, 0.2) is 35.3 Å². The summed E-state index contributed by atoms with van der Waals surface area (Å²) in [6, 6.07) is 8.54. The van der Waals surface area contributed by atoms with Crippen LogP contribution in [0.25, 0.3) is 21.8 Å². The fourth-order valence-electron chi connectivity index (χ4n) is 5.26. The molecule has 0 aliphatic carbocycles. The fraction of sp³-hybridized carbons (Fsp3) is 0.538. The van der Waals surface area contributed by atoms with Crippen molar-refractivity contribution in [1.82, 2.24) is 19.4 Å². The number of benzene rings is 1. The topological polar surface area (TPSA) is 68.5 Å². The summed E-state index contributed by atoms with van der Waals surface area (Å²) in [6.45, 7) is 5.86. The highest BCUT2D eigenvalue weighted by Gasteiger charge is 2.22. The Balaban J connectivity index is 1.59. The van der Waals surface area contributed by atoms with E-state index in [1.807, 2.05) is 35.9 Å². The van der Waals surface area contributed by atoms with Gasteiger partial charge in [-0.15, -0.1) is 0 Å². The number of carbonyl (C=O) groups is 1. The Hall–Kier alpha value is -2.64. The van der Waals surface area contributed by atoms with E-state index in [4.69, 9.17) is 4.74 Å². The smallest absolute Gasteiger partial charge is 0.275 e. The molecule has 1 saturated heterocycles. The van der Waals surface area contributed by atoms with Crippen LogP contribution in [0.5, 0.6) is 0 Å². The molecule has 1 aromatic carbocycles. The maximum Gasteiger partial charge on any atom is 0.275 e. The Labute approximate surface area is 195 Å². The van der Waals surface area contributed by atoms with Crippen molar-refractivity contribution in [2.45, 2.75) is 51.6 Å². The molecule has 1 N–H and O–H groups in total. The van der Waals surface area contributed by atoms with Gasteiger partial charge in [0.05, 0.1) is 12.2 Å². The highest BCUT2D eigenvalue weighted by molar-refractivity contribution is 6.17. The van der Waals surface area contributed by atoms with Gasteiger partial charge in [-0.1, -0.05) is 31.5 Å². The third kappa shape index (κ3) is 4.70. The zero-order valence-electron chi connectivity index (χ0n) is 20.1. The minimum Gasteiger partial charge on any atom is -0.383 e. The van der Waals surface area contributed by atoms with Crippen LogP contribution < -0.4 is 10.9 Å².